The lowest BCUT2D eigenvalue weighted by molar-refractivity contribution is 0.0954. The van der Waals surface area contributed by atoms with Crippen molar-refractivity contribution in [2.45, 2.75) is 13.3 Å². The number of benzene rings is 2. The summed E-state index contributed by atoms with van der Waals surface area (Å²) in [5.41, 5.74) is 3.74. The van der Waals surface area contributed by atoms with Crippen LogP contribution in [0, 0.1) is 6.92 Å². The fourth-order valence-electron chi connectivity index (χ4n) is 2.63. The van der Waals surface area contributed by atoms with Gasteiger partial charge in [0.2, 0.25) is 0 Å². The van der Waals surface area contributed by atoms with Crippen LogP contribution in [0.1, 0.15) is 21.5 Å². The first-order chi connectivity index (χ1) is 12.0. The maximum Gasteiger partial charge on any atom is 0.251 e. The highest BCUT2D eigenvalue weighted by Crippen LogP contribution is 2.28. The van der Waals surface area contributed by atoms with Crippen molar-refractivity contribution in [1.29, 1.82) is 0 Å². The van der Waals surface area contributed by atoms with Gasteiger partial charge in [-0.05, 0) is 60.9 Å². The van der Waals surface area contributed by atoms with Crippen LogP contribution >= 0.6 is 0 Å². The Kier molecular flexibility index (Phi) is 6.28. The van der Waals surface area contributed by atoms with E-state index >= 15 is 0 Å². The molecule has 0 bridgehead atoms. The average Bonchev–Trinajstić information content (AvgIpc) is 2.62. The molecule has 5 heteroatoms. The molecule has 0 spiro atoms. The second-order valence-electron chi connectivity index (χ2n) is 6.08. The van der Waals surface area contributed by atoms with Gasteiger partial charge in [-0.2, -0.15) is 0 Å². The highest BCUT2D eigenvalue weighted by Gasteiger charge is 2.10. The first-order valence-electron chi connectivity index (χ1n) is 8.23. The van der Waals surface area contributed by atoms with Crippen LogP contribution in [0.3, 0.4) is 0 Å². The van der Waals surface area contributed by atoms with Crippen molar-refractivity contribution in [3.63, 3.8) is 0 Å². The number of hydrogen-bond donors (Lipinski definition) is 1. The van der Waals surface area contributed by atoms with Gasteiger partial charge in [-0.15, -0.1) is 0 Å². The smallest absolute Gasteiger partial charge is 0.251 e. The molecule has 0 aliphatic carbocycles. The van der Waals surface area contributed by atoms with E-state index in [4.69, 9.17) is 9.47 Å². The summed E-state index contributed by atoms with van der Waals surface area (Å²) >= 11 is 0. The van der Waals surface area contributed by atoms with E-state index in [-0.39, 0.29) is 5.91 Å². The number of carbonyl (C=O) groups is 1. The van der Waals surface area contributed by atoms with E-state index in [2.05, 4.69) is 5.32 Å². The third-order valence-corrected chi connectivity index (χ3v) is 4.12. The van der Waals surface area contributed by atoms with E-state index in [9.17, 15) is 4.79 Å². The molecule has 0 saturated carbocycles. The second kappa shape index (κ2) is 8.42. The Balaban J connectivity index is 1.99. The van der Waals surface area contributed by atoms with Gasteiger partial charge in [0.25, 0.3) is 5.91 Å². The number of ether oxygens (including phenoxy) is 2. The minimum atomic E-state index is -0.0802. The molecule has 0 atom stereocenters. The molecular weight excluding hydrogens is 316 g/mol. The molecule has 134 valence electrons. The van der Waals surface area contributed by atoms with E-state index in [0.717, 1.165) is 28.3 Å². The van der Waals surface area contributed by atoms with Crippen molar-refractivity contribution in [3.8, 4) is 11.5 Å². The largest absolute Gasteiger partial charge is 0.496 e. The maximum atomic E-state index is 12.3. The molecule has 5 nitrogen and oxygen atoms in total. The van der Waals surface area contributed by atoms with Crippen LogP contribution < -0.4 is 19.7 Å². The van der Waals surface area contributed by atoms with Crippen LogP contribution in [0.15, 0.2) is 36.4 Å². The minimum Gasteiger partial charge on any atom is -0.496 e. The standard InChI is InChI=1S/C20H26N2O3/c1-14-12-19(25-5)16(13-18(14)24-4)10-11-21-20(23)15-6-8-17(9-7-15)22(2)3/h6-9,12-13H,10-11H2,1-5H3,(H,21,23). The van der Waals surface area contributed by atoms with Crippen molar-refractivity contribution in [2.75, 3.05) is 39.8 Å². The molecule has 2 aromatic rings. The molecule has 0 heterocycles. The first kappa shape index (κ1) is 18.6. The lowest BCUT2D eigenvalue weighted by Crippen LogP contribution is -2.25. The zero-order chi connectivity index (χ0) is 18.4. The molecule has 0 aliphatic heterocycles. The number of aryl methyl sites for hydroxylation is 1. The Morgan fingerprint density at radius 1 is 1.04 bits per heavy atom. The van der Waals surface area contributed by atoms with Crippen molar-refractivity contribution in [1.82, 2.24) is 5.32 Å². The molecule has 0 aliphatic rings. The molecule has 0 aromatic heterocycles. The molecule has 0 unspecified atom stereocenters. The normalized spacial score (nSPS) is 10.3. The van der Waals surface area contributed by atoms with Crippen molar-refractivity contribution in [2.24, 2.45) is 0 Å². The Labute approximate surface area is 149 Å². The van der Waals surface area contributed by atoms with Gasteiger partial charge in [0.15, 0.2) is 0 Å². The molecule has 1 amide bonds. The second-order valence-corrected chi connectivity index (χ2v) is 6.08. The fourth-order valence-corrected chi connectivity index (χ4v) is 2.63. The van der Waals surface area contributed by atoms with E-state index in [1.54, 1.807) is 14.2 Å². The summed E-state index contributed by atoms with van der Waals surface area (Å²) in [5.74, 6) is 1.55. The number of nitrogens with one attached hydrogen (secondary N) is 1. The van der Waals surface area contributed by atoms with Gasteiger partial charge in [0.05, 0.1) is 14.2 Å². The number of amides is 1. The highest BCUT2D eigenvalue weighted by molar-refractivity contribution is 5.94. The van der Waals surface area contributed by atoms with Crippen LogP contribution in [0.25, 0.3) is 0 Å². The molecule has 2 rings (SSSR count). The van der Waals surface area contributed by atoms with Gasteiger partial charge in [-0.3, -0.25) is 4.79 Å². The van der Waals surface area contributed by atoms with Crippen LogP contribution in [0.2, 0.25) is 0 Å². The molecule has 0 saturated heterocycles. The van der Waals surface area contributed by atoms with Crippen LogP contribution in [-0.4, -0.2) is 40.8 Å². The van der Waals surface area contributed by atoms with Crippen LogP contribution in [-0.2, 0) is 6.42 Å². The van der Waals surface area contributed by atoms with Crippen molar-refractivity contribution in [3.05, 3.63) is 53.1 Å². The van der Waals surface area contributed by atoms with Gasteiger partial charge < -0.3 is 19.7 Å². The van der Waals surface area contributed by atoms with Gasteiger partial charge in [-0.1, -0.05) is 0 Å². The molecule has 0 fully saturated rings. The number of nitrogens with zero attached hydrogens (tertiary/aromatic N) is 1. The fraction of sp³-hybridized carbons (Fsp3) is 0.350. The van der Waals surface area contributed by atoms with Gasteiger partial charge in [-0.25, -0.2) is 0 Å². The molecule has 0 radical (unpaired) electrons. The summed E-state index contributed by atoms with van der Waals surface area (Å²) in [5, 5.41) is 2.95. The van der Waals surface area contributed by atoms with E-state index in [1.165, 1.54) is 0 Å². The Morgan fingerprint density at radius 3 is 2.24 bits per heavy atom. The van der Waals surface area contributed by atoms with Gasteiger partial charge in [0.1, 0.15) is 11.5 Å². The summed E-state index contributed by atoms with van der Waals surface area (Å²) < 4.78 is 10.8. The summed E-state index contributed by atoms with van der Waals surface area (Å²) in [4.78, 5) is 14.3. The van der Waals surface area contributed by atoms with Crippen LogP contribution in [0.5, 0.6) is 11.5 Å². The third kappa shape index (κ3) is 4.66. The Hall–Kier alpha value is -2.69. The number of hydrogen-bond acceptors (Lipinski definition) is 4. The Bertz CT molecular complexity index is 724. The Morgan fingerprint density at radius 2 is 1.68 bits per heavy atom. The predicted octanol–water partition coefficient (Wildman–Crippen LogP) is 3.05. The zero-order valence-corrected chi connectivity index (χ0v) is 15.6. The summed E-state index contributed by atoms with van der Waals surface area (Å²) in [6, 6.07) is 11.5. The van der Waals surface area contributed by atoms with E-state index in [0.29, 0.717) is 18.5 Å². The zero-order valence-electron chi connectivity index (χ0n) is 15.6. The number of carbonyl (C=O) groups excluding carboxylic acids is 1. The number of anilines is 1. The molecular formula is C20H26N2O3. The number of methoxy groups -OCH3 is 2. The molecule has 1 N–H and O–H groups in total. The topological polar surface area (TPSA) is 50.8 Å². The van der Waals surface area contributed by atoms with Crippen molar-refractivity contribution >= 4 is 11.6 Å². The molecule has 2 aromatic carbocycles. The average molecular weight is 342 g/mol. The molecule has 25 heavy (non-hydrogen) atoms. The van der Waals surface area contributed by atoms with Crippen molar-refractivity contribution < 1.29 is 14.3 Å². The van der Waals surface area contributed by atoms with Gasteiger partial charge >= 0.3 is 0 Å². The monoisotopic (exact) mass is 342 g/mol. The summed E-state index contributed by atoms with van der Waals surface area (Å²) in [6.07, 6.45) is 0.668. The van der Waals surface area contributed by atoms with Gasteiger partial charge in [0, 0.05) is 31.9 Å². The lowest BCUT2D eigenvalue weighted by Gasteiger charge is -2.14. The third-order valence-electron chi connectivity index (χ3n) is 4.12. The number of rotatable bonds is 7. The van der Waals surface area contributed by atoms with E-state index in [1.807, 2.05) is 62.3 Å². The summed E-state index contributed by atoms with van der Waals surface area (Å²) in [6.45, 7) is 2.50. The predicted molar refractivity (Wildman–Crippen MR) is 101 cm³/mol. The van der Waals surface area contributed by atoms with Crippen LogP contribution in [0.4, 0.5) is 5.69 Å². The maximum absolute atomic E-state index is 12.3. The first-order valence-corrected chi connectivity index (χ1v) is 8.23. The lowest BCUT2D eigenvalue weighted by atomic mass is 10.1. The summed E-state index contributed by atoms with van der Waals surface area (Å²) in [7, 11) is 7.24. The van der Waals surface area contributed by atoms with E-state index < -0.39 is 0 Å². The SMILES string of the molecule is COc1cc(CCNC(=O)c2ccc(N(C)C)cc2)c(OC)cc1C. The highest BCUT2D eigenvalue weighted by atomic mass is 16.5. The quantitative estimate of drug-likeness (QED) is 0.840. The minimum absolute atomic E-state index is 0.0802.